The lowest BCUT2D eigenvalue weighted by molar-refractivity contribution is 0.103. The number of pyridine rings is 2. The van der Waals surface area contributed by atoms with Crippen LogP contribution in [0.5, 0.6) is 0 Å². The molecule has 0 saturated carbocycles. The molecule has 29 heavy (non-hydrogen) atoms. The number of carbonyl (C=O) groups excluding carboxylic acids is 1. The highest BCUT2D eigenvalue weighted by Gasteiger charge is 2.19. The van der Waals surface area contributed by atoms with Crippen molar-refractivity contribution in [2.24, 2.45) is 0 Å². The first-order chi connectivity index (χ1) is 13.9. The fourth-order valence-electron chi connectivity index (χ4n) is 3.52. The summed E-state index contributed by atoms with van der Waals surface area (Å²) in [5.74, 6) is -0.267. The van der Waals surface area contributed by atoms with E-state index in [4.69, 9.17) is 7.85 Å². The highest BCUT2D eigenvalue weighted by Crippen LogP contribution is 2.18. The molecular weight excluding hydrogens is 359 g/mol. The normalized spacial score (nSPS) is 11.0. The Balaban J connectivity index is 1.91. The number of fused-ring (bicyclic) bond motifs is 1. The number of carbonyl (C=O) groups is 1. The Morgan fingerprint density at radius 3 is 2.59 bits per heavy atom. The number of hydrogen-bond acceptors (Lipinski definition) is 3. The van der Waals surface area contributed by atoms with Gasteiger partial charge in [-0.25, -0.2) is 0 Å². The molecule has 0 aliphatic carbocycles. The van der Waals surface area contributed by atoms with E-state index >= 15 is 0 Å². The molecule has 0 spiro atoms. The standard InChI is InChI=1S/C24H19BN2O2/c1-15-10-11-16(2)19(12-15)24(29)20-14-27(13-17-6-5-9-22(25)26-17)21-8-4-3-7-18(21)23(20)28/h3-12,14H,13H2,1-2H3. The highest BCUT2D eigenvalue weighted by atomic mass is 16.1. The van der Waals surface area contributed by atoms with Crippen LogP contribution >= 0.6 is 0 Å². The second-order valence-corrected chi connectivity index (χ2v) is 7.22. The maximum absolute atomic E-state index is 13.3. The fourth-order valence-corrected chi connectivity index (χ4v) is 3.52. The van der Waals surface area contributed by atoms with E-state index in [1.54, 1.807) is 24.4 Å². The predicted molar refractivity (Wildman–Crippen MR) is 116 cm³/mol. The van der Waals surface area contributed by atoms with E-state index in [2.05, 4.69) is 4.98 Å². The number of hydrogen-bond donors (Lipinski definition) is 0. The van der Waals surface area contributed by atoms with Crippen LogP contribution in [0.15, 0.2) is 71.7 Å². The Morgan fingerprint density at radius 1 is 1.00 bits per heavy atom. The molecule has 140 valence electrons. The number of rotatable bonds is 4. The molecule has 0 amide bonds. The zero-order valence-corrected chi connectivity index (χ0v) is 16.3. The van der Waals surface area contributed by atoms with Crippen LogP contribution in [-0.2, 0) is 6.54 Å². The van der Waals surface area contributed by atoms with Crippen LogP contribution in [0.1, 0.15) is 32.7 Å². The molecule has 0 bridgehead atoms. The monoisotopic (exact) mass is 378 g/mol. The minimum atomic E-state index is -0.267. The van der Waals surface area contributed by atoms with E-state index < -0.39 is 0 Å². The van der Waals surface area contributed by atoms with Crippen molar-refractivity contribution in [1.29, 1.82) is 0 Å². The van der Waals surface area contributed by atoms with Gasteiger partial charge in [-0.15, -0.1) is 0 Å². The van der Waals surface area contributed by atoms with Gasteiger partial charge in [0.25, 0.3) is 0 Å². The second kappa shape index (κ2) is 7.51. The zero-order chi connectivity index (χ0) is 20.5. The summed E-state index contributed by atoms with van der Waals surface area (Å²) in [4.78, 5) is 30.8. The molecule has 2 radical (unpaired) electrons. The summed E-state index contributed by atoms with van der Waals surface area (Å²) in [7, 11) is 5.81. The topological polar surface area (TPSA) is 52.0 Å². The Morgan fingerprint density at radius 2 is 1.79 bits per heavy atom. The molecule has 5 heteroatoms. The Labute approximate surface area is 170 Å². The predicted octanol–water partition coefficient (Wildman–Crippen LogP) is 3.09. The average molecular weight is 378 g/mol. The van der Waals surface area contributed by atoms with Gasteiger partial charge >= 0.3 is 0 Å². The van der Waals surface area contributed by atoms with Gasteiger partial charge in [0.2, 0.25) is 5.43 Å². The number of para-hydroxylation sites is 1. The van der Waals surface area contributed by atoms with Gasteiger partial charge in [0, 0.05) is 17.1 Å². The third kappa shape index (κ3) is 3.64. The molecule has 4 rings (SSSR count). The number of nitrogens with zero attached hydrogens (tertiary/aromatic N) is 2. The quantitative estimate of drug-likeness (QED) is 0.405. The maximum atomic E-state index is 13.3. The summed E-state index contributed by atoms with van der Waals surface area (Å²) in [6, 6.07) is 18.4. The van der Waals surface area contributed by atoms with E-state index in [1.807, 2.05) is 60.9 Å². The molecule has 0 N–H and O–H groups in total. The zero-order valence-electron chi connectivity index (χ0n) is 16.3. The van der Waals surface area contributed by atoms with Gasteiger partial charge in [0.1, 0.15) is 7.85 Å². The van der Waals surface area contributed by atoms with Crippen LogP contribution in [0.25, 0.3) is 10.9 Å². The van der Waals surface area contributed by atoms with E-state index in [0.29, 0.717) is 23.1 Å². The van der Waals surface area contributed by atoms with E-state index in [0.717, 1.165) is 22.3 Å². The molecular formula is C24H19BN2O2. The first-order valence-electron chi connectivity index (χ1n) is 9.39. The smallest absolute Gasteiger partial charge is 0.200 e. The molecule has 4 aromatic rings. The third-order valence-electron chi connectivity index (χ3n) is 5.03. The number of aryl methyl sites for hydroxylation is 2. The molecule has 0 fully saturated rings. The molecule has 0 aliphatic rings. The Kier molecular flexibility index (Phi) is 4.89. The van der Waals surface area contributed by atoms with Gasteiger partial charge in [-0.1, -0.05) is 42.0 Å². The van der Waals surface area contributed by atoms with Gasteiger partial charge in [-0.05, 0) is 49.3 Å². The van der Waals surface area contributed by atoms with Crippen molar-refractivity contribution in [1.82, 2.24) is 9.55 Å². The first-order valence-corrected chi connectivity index (χ1v) is 9.39. The van der Waals surface area contributed by atoms with Crippen molar-refractivity contribution in [3.05, 3.63) is 105 Å². The SMILES string of the molecule is [B]c1cccc(Cn2cc(C(=O)c3cc(C)ccc3C)c(=O)c3ccccc32)n1. The Bertz CT molecular complexity index is 1310. The van der Waals surface area contributed by atoms with Gasteiger partial charge in [-0.3, -0.25) is 14.6 Å². The van der Waals surface area contributed by atoms with Crippen molar-refractivity contribution >= 4 is 30.1 Å². The number of benzene rings is 2. The van der Waals surface area contributed by atoms with E-state index in [9.17, 15) is 9.59 Å². The molecule has 0 saturated heterocycles. The molecule has 2 heterocycles. The van der Waals surface area contributed by atoms with Crippen LogP contribution < -0.4 is 11.0 Å². The average Bonchev–Trinajstić information content (AvgIpc) is 2.71. The number of aromatic nitrogens is 2. The highest BCUT2D eigenvalue weighted by molar-refractivity contribution is 6.30. The molecule has 2 aromatic carbocycles. The van der Waals surface area contributed by atoms with E-state index in [-0.39, 0.29) is 16.8 Å². The van der Waals surface area contributed by atoms with E-state index in [1.165, 1.54) is 0 Å². The molecule has 4 nitrogen and oxygen atoms in total. The molecule has 0 atom stereocenters. The van der Waals surface area contributed by atoms with Crippen LogP contribution in [-0.4, -0.2) is 23.2 Å². The lowest BCUT2D eigenvalue weighted by Gasteiger charge is -2.14. The molecule has 0 aliphatic heterocycles. The maximum Gasteiger partial charge on any atom is 0.200 e. The van der Waals surface area contributed by atoms with Crippen molar-refractivity contribution < 1.29 is 4.79 Å². The van der Waals surface area contributed by atoms with Crippen molar-refractivity contribution in [2.75, 3.05) is 0 Å². The second-order valence-electron chi connectivity index (χ2n) is 7.22. The summed E-state index contributed by atoms with van der Waals surface area (Å²) in [6.07, 6.45) is 1.64. The fraction of sp³-hybridized carbons (Fsp3) is 0.125. The summed E-state index contributed by atoms with van der Waals surface area (Å²) >= 11 is 0. The van der Waals surface area contributed by atoms with Crippen LogP contribution in [0, 0.1) is 13.8 Å². The first kappa shape index (κ1) is 18.9. The summed E-state index contributed by atoms with van der Waals surface area (Å²) in [6.45, 7) is 4.21. The summed E-state index contributed by atoms with van der Waals surface area (Å²) in [5.41, 5.74) is 4.19. The van der Waals surface area contributed by atoms with Crippen LogP contribution in [0.3, 0.4) is 0 Å². The largest absolute Gasteiger partial charge is 0.340 e. The minimum absolute atomic E-state index is 0.154. The van der Waals surface area contributed by atoms with Crippen LogP contribution in [0.2, 0.25) is 0 Å². The number of ketones is 1. The van der Waals surface area contributed by atoms with Crippen molar-refractivity contribution in [3.63, 3.8) is 0 Å². The summed E-state index contributed by atoms with van der Waals surface area (Å²) in [5, 5.41) is 0.507. The van der Waals surface area contributed by atoms with Gasteiger partial charge < -0.3 is 4.57 Å². The van der Waals surface area contributed by atoms with Crippen LogP contribution in [0.4, 0.5) is 0 Å². The van der Waals surface area contributed by atoms with Gasteiger partial charge in [-0.2, -0.15) is 0 Å². The minimum Gasteiger partial charge on any atom is -0.340 e. The third-order valence-corrected chi connectivity index (χ3v) is 5.03. The van der Waals surface area contributed by atoms with Crippen molar-refractivity contribution in [2.45, 2.75) is 20.4 Å². The molecule has 0 unspecified atom stereocenters. The van der Waals surface area contributed by atoms with Gasteiger partial charge in [0.15, 0.2) is 5.78 Å². The Hall–Kier alpha value is -3.47. The molecule has 2 aromatic heterocycles. The lowest BCUT2D eigenvalue weighted by Crippen LogP contribution is -2.21. The summed E-state index contributed by atoms with van der Waals surface area (Å²) < 4.78 is 1.89. The lowest BCUT2D eigenvalue weighted by atomic mass is 9.97. The van der Waals surface area contributed by atoms with Crippen molar-refractivity contribution in [3.8, 4) is 0 Å². The van der Waals surface area contributed by atoms with Gasteiger partial charge in [0.05, 0.1) is 23.3 Å².